The molecule has 0 atom stereocenters. The van der Waals surface area contributed by atoms with Crippen molar-refractivity contribution in [3.8, 4) is 11.6 Å². The minimum Gasteiger partial charge on any atom is -0.439 e. The van der Waals surface area contributed by atoms with Gasteiger partial charge in [0.15, 0.2) is 0 Å². The Morgan fingerprint density at radius 3 is 2.71 bits per heavy atom. The highest BCUT2D eigenvalue weighted by molar-refractivity contribution is 6.31. The van der Waals surface area contributed by atoms with E-state index in [1.165, 1.54) is 6.33 Å². The van der Waals surface area contributed by atoms with Crippen molar-refractivity contribution in [3.63, 3.8) is 0 Å². The van der Waals surface area contributed by atoms with Crippen LogP contribution in [0.2, 0.25) is 5.02 Å². The molecule has 0 amide bonds. The Balaban J connectivity index is 2.31. The van der Waals surface area contributed by atoms with Gasteiger partial charge in [-0.05, 0) is 37.6 Å². The van der Waals surface area contributed by atoms with Gasteiger partial charge in [-0.25, -0.2) is 9.97 Å². The van der Waals surface area contributed by atoms with E-state index in [4.69, 9.17) is 22.1 Å². The van der Waals surface area contributed by atoms with Crippen molar-refractivity contribution in [1.82, 2.24) is 9.97 Å². The van der Waals surface area contributed by atoms with Crippen LogP contribution in [0.4, 0.5) is 5.82 Å². The fraction of sp³-hybridized carbons (Fsp3) is 0.167. The number of nitrogens with zero attached hydrogens (tertiary/aromatic N) is 2. The van der Waals surface area contributed by atoms with Gasteiger partial charge in [-0.2, -0.15) is 0 Å². The van der Waals surface area contributed by atoms with Crippen molar-refractivity contribution in [2.24, 2.45) is 0 Å². The Hall–Kier alpha value is -1.81. The van der Waals surface area contributed by atoms with Gasteiger partial charge in [-0.3, -0.25) is 0 Å². The second-order valence-electron chi connectivity index (χ2n) is 3.70. The van der Waals surface area contributed by atoms with Crippen LogP contribution >= 0.6 is 11.6 Å². The van der Waals surface area contributed by atoms with Crippen molar-refractivity contribution in [1.29, 1.82) is 0 Å². The summed E-state index contributed by atoms with van der Waals surface area (Å²) < 4.78 is 5.64. The first-order valence-electron chi connectivity index (χ1n) is 5.09. The van der Waals surface area contributed by atoms with Gasteiger partial charge in [-0.1, -0.05) is 11.6 Å². The average molecular weight is 250 g/mol. The third-order valence-electron chi connectivity index (χ3n) is 2.42. The van der Waals surface area contributed by atoms with Gasteiger partial charge in [0.25, 0.3) is 0 Å². The average Bonchev–Trinajstić information content (AvgIpc) is 2.30. The molecule has 0 aliphatic rings. The van der Waals surface area contributed by atoms with Crippen LogP contribution < -0.4 is 10.5 Å². The number of halogens is 1. The minimum atomic E-state index is 0.417. The van der Waals surface area contributed by atoms with Crippen molar-refractivity contribution in [2.45, 2.75) is 13.8 Å². The summed E-state index contributed by atoms with van der Waals surface area (Å²) in [5.41, 5.74) is 7.35. The summed E-state index contributed by atoms with van der Waals surface area (Å²) >= 11 is 5.94. The van der Waals surface area contributed by atoms with Crippen LogP contribution in [0.25, 0.3) is 0 Å². The Morgan fingerprint density at radius 2 is 2.00 bits per heavy atom. The molecule has 0 saturated carbocycles. The molecule has 17 heavy (non-hydrogen) atoms. The van der Waals surface area contributed by atoms with Crippen LogP contribution in [0, 0.1) is 13.8 Å². The summed E-state index contributed by atoms with van der Waals surface area (Å²) in [6, 6.07) is 5.42. The van der Waals surface area contributed by atoms with Gasteiger partial charge < -0.3 is 10.5 Å². The lowest BCUT2D eigenvalue weighted by atomic mass is 10.2. The summed E-state index contributed by atoms with van der Waals surface area (Å²) in [6.07, 6.45) is 1.38. The van der Waals surface area contributed by atoms with Gasteiger partial charge in [0.1, 0.15) is 17.9 Å². The minimum absolute atomic E-state index is 0.417. The van der Waals surface area contributed by atoms with Gasteiger partial charge in [-0.15, -0.1) is 0 Å². The quantitative estimate of drug-likeness (QED) is 0.888. The molecule has 0 aliphatic carbocycles. The molecule has 0 spiro atoms. The van der Waals surface area contributed by atoms with Crippen LogP contribution in [0.1, 0.15) is 11.1 Å². The Kier molecular flexibility index (Phi) is 3.15. The number of aryl methyl sites for hydroxylation is 1. The summed E-state index contributed by atoms with van der Waals surface area (Å²) in [6.45, 7) is 3.73. The predicted molar refractivity (Wildman–Crippen MR) is 67.4 cm³/mol. The highest BCUT2D eigenvalue weighted by Gasteiger charge is 2.07. The predicted octanol–water partition coefficient (Wildman–Crippen LogP) is 3.12. The Labute approximate surface area is 104 Å². The smallest absolute Gasteiger partial charge is 0.227 e. The Morgan fingerprint density at radius 1 is 1.24 bits per heavy atom. The monoisotopic (exact) mass is 249 g/mol. The van der Waals surface area contributed by atoms with Crippen LogP contribution in [0.15, 0.2) is 24.5 Å². The van der Waals surface area contributed by atoms with E-state index in [1.54, 1.807) is 12.1 Å². The standard InChI is InChI=1S/C12H12ClN3O/c1-7-5-9(3-4-10(7)13)17-12-8(2)11(14)15-6-16-12/h3-6H,1-2H3,(H2,14,15,16). The van der Waals surface area contributed by atoms with E-state index in [-0.39, 0.29) is 0 Å². The van der Waals surface area contributed by atoms with Crippen molar-refractivity contribution in [3.05, 3.63) is 40.7 Å². The number of hydrogen-bond donors (Lipinski definition) is 1. The molecule has 1 aromatic heterocycles. The summed E-state index contributed by atoms with van der Waals surface area (Å²) in [4.78, 5) is 7.92. The van der Waals surface area contributed by atoms with Crippen LogP contribution in [0.3, 0.4) is 0 Å². The van der Waals surface area contributed by atoms with Crippen molar-refractivity contribution < 1.29 is 4.74 Å². The third kappa shape index (κ3) is 2.47. The number of benzene rings is 1. The molecule has 5 heteroatoms. The van der Waals surface area contributed by atoms with Crippen molar-refractivity contribution in [2.75, 3.05) is 5.73 Å². The molecule has 0 saturated heterocycles. The molecule has 0 fully saturated rings. The van der Waals surface area contributed by atoms with Gasteiger partial charge in [0.2, 0.25) is 5.88 Å². The zero-order valence-electron chi connectivity index (χ0n) is 9.57. The number of nitrogens with two attached hydrogens (primary N) is 1. The lowest BCUT2D eigenvalue weighted by Crippen LogP contribution is -1.99. The van der Waals surface area contributed by atoms with E-state index in [1.807, 2.05) is 19.9 Å². The third-order valence-corrected chi connectivity index (χ3v) is 2.84. The van der Waals surface area contributed by atoms with E-state index in [9.17, 15) is 0 Å². The van der Waals surface area contributed by atoms with E-state index in [0.29, 0.717) is 22.5 Å². The zero-order chi connectivity index (χ0) is 12.4. The molecular weight excluding hydrogens is 238 g/mol. The van der Waals surface area contributed by atoms with Crippen LogP contribution in [-0.4, -0.2) is 9.97 Å². The second kappa shape index (κ2) is 4.59. The number of nitrogen functional groups attached to an aromatic ring is 1. The van der Waals surface area contributed by atoms with E-state index < -0.39 is 0 Å². The van der Waals surface area contributed by atoms with Gasteiger partial charge in [0, 0.05) is 5.02 Å². The normalized spacial score (nSPS) is 10.3. The molecule has 4 nitrogen and oxygen atoms in total. The number of ether oxygens (including phenoxy) is 1. The molecule has 2 N–H and O–H groups in total. The highest BCUT2D eigenvalue weighted by atomic mass is 35.5. The molecule has 0 unspecified atom stereocenters. The molecule has 0 radical (unpaired) electrons. The summed E-state index contributed by atoms with van der Waals surface area (Å²) in [5, 5.41) is 0.705. The molecule has 1 heterocycles. The second-order valence-corrected chi connectivity index (χ2v) is 4.11. The molecule has 88 valence electrons. The first-order valence-corrected chi connectivity index (χ1v) is 5.47. The lowest BCUT2D eigenvalue weighted by Gasteiger charge is -2.09. The maximum absolute atomic E-state index is 5.94. The number of aromatic nitrogens is 2. The fourth-order valence-corrected chi connectivity index (χ4v) is 1.46. The molecule has 2 rings (SSSR count). The fourth-order valence-electron chi connectivity index (χ4n) is 1.34. The lowest BCUT2D eigenvalue weighted by molar-refractivity contribution is 0.457. The molecule has 2 aromatic rings. The first kappa shape index (κ1) is 11.7. The molecule has 0 aliphatic heterocycles. The van der Waals surface area contributed by atoms with Crippen LogP contribution in [-0.2, 0) is 0 Å². The largest absolute Gasteiger partial charge is 0.439 e. The topological polar surface area (TPSA) is 61.0 Å². The summed E-state index contributed by atoms with van der Waals surface area (Å²) in [5.74, 6) is 1.55. The van der Waals surface area contributed by atoms with E-state index in [0.717, 1.165) is 11.1 Å². The van der Waals surface area contributed by atoms with Crippen molar-refractivity contribution >= 4 is 17.4 Å². The van der Waals surface area contributed by atoms with Gasteiger partial charge >= 0.3 is 0 Å². The maximum atomic E-state index is 5.94. The zero-order valence-corrected chi connectivity index (χ0v) is 10.3. The SMILES string of the molecule is Cc1cc(Oc2ncnc(N)c2C)ccc1Cl. The van der Waals surface area contributed by atoms with Crippen LogP contribution in [0.5, 0.6) is 11.6 Å². The first-order chi connectivity index (χ1) is 8.08. The molecule has 0 bridgehead atoms. The van der Waals surface area contributed by atoms with Gasteiger partial charge in [0.05, 0.1) is 5.56 Å². The van der Waals surface area contributed by atoms with E-state index in [2.05, 4.69) is 9.97 Å². The molecule has 1 aromatic carbocycles. The van der Waals surface area contributed by atoms with E-state index >= 15 is 0 Å². The highest BCUT2D eigenvalue weighted by Crippen LogP contribution is 2.27. The number of rotatable bonds is 2. The number of hydrogen-bond acceptors (Lipinski definition) is 4. The summed E-state index contributed by atoms with van der Waals surface area (Å²) in [7, 11) is 0. The Bertz CT molecular complexity index is 557. The maximum Gasteiger partial charge on any atom is 0.227 e. The molecular formula is C12H12ClN3O. The number of anilines is 1.